The summed E-state index contributed by atoms with van der Waals surface area (Å²) in [6.45, 7) is 0.865. The maximum absolute atomic E-state index is 12.3. The van der Waals surface area contributed by atoms with Crippen LogP contribution in [0.25, 0.3) is 10.9 Å². The summed E-state index contributed by atoms with van der Waals surface area (Å²) in [7, 11) is 0. The molecule has 0 unspecified atom stereocenters. The smallest absolute Gasteiger partial charge is 0.265 e. The summed E-state index contributed by atoms with van der Waals surface area (Å²) in [5.41, 5.74) is 6.54. The molecule has 0 aliphatic carbocycles. The molecule has 0 spiro atoms. The van der Waals surface area contributed by atoms with Crippen molar-refractivity contribution in [2.75, 3.05) is 18.2 Å². The average molecular weight is 324 g/mol. The van der Waals surface area contributed by atoms with E-state index in [4.69, 9.17) is 17.3 Å². The molecule has 2 N–H and O–H groups in total. The summed E-state index contributed by atoms with van der Waals surface area (Å²) in [6, 6.07) is 6.98. The number of carbonyl (C=O) groups excluding carboxylic acids is 2. The van der Waals surface area contributed by atoms with Gasteiger partial charge in [0.15, 0.2) is 0 Å². The highest BCUT2D eigenvalue weighted by atomic mass is 35.5. The number of carbonyl (C=O) groups is 2. The second-order valence-corrected chi connectivity index (χ2v) is 6.39. The van der Waals surface area contributed by atoms with Crippen molar-refractivity contribution >= 4 is 46.1 Å². The Morgan fingerprint density at radius 3 is 2.81 bits per heavy atom. The number of primary amides is 1. The summed E-state index contributed by atoms with van der Waals surface area (Å²) >= 11 is 7.69. The zero-order valence-electron chi connectivity index (χ0n) is 11.2. The normalized spacial score (nSPS) is 14.8. The van der Waals surface area contributed by atoms with Crippen molar-refractivity contribution in [3.05, 3.63) is 35.0 Å². The van der Waals surface area contributed by atoms with E-state index in [1.54, 1.807) is 45.5 Å². The molecule has 21 heavy (non-hydrogen) atoms. The lowest BCUT2D eigenvalue weighted by Gasteiger charge is -2.16. The number of fused-ring (bicyclic) bond motifs is 1. The fourth-order valence-corrected chi connectivity index (χ4v) is 3.61. The van der Waals surface area contributed by atoms with Crippen molar-refractivity contribution in [2.45, 2.75) is 6.54 Å². The molecule has 0 saturated carbocycles. The van der Waals surface area contributed by atoms with Crippen LogP contribution in [0.3, 0.4) is 0 Å². The van der Waals surface area contributed by atoms with Gasteiger partial charge in [-0.05, 0) is 24.3 Å². The molecule has 1 aliphatic rings. The Bertz CT molecular complexity index is 722. The van der Waals surface area contributed by atoms with Gasteiger partial charge in [0.25, 0.3) is 5.91 Å². The molecule has 0 atom stereocenters. The molecule has 5 nitrogen and oxygen atoms in total. The van der Waals surface area contributed by atoms with Crippen molar-refractivity contribution in [3.63, 3.8) is 0 Å². The number of thioether (sulfide) groups is 1. The van der Waals surface area contributed by atoms with Crippen LogP contribution in [0, 0.1) is 0 Å². The molecule has 2 amide bonds. The molecule has 110 valence electrons. The van der Waals surface area contributed by atoms with Crippen LogP contribution in [0.4, 0.5) is 0 Å². The van der Waals surface area contributed by atoms with Gasteiger partial charge in [-0.15, -0.1) is 11.8 Å². The Balaban J connectivity index is 2.00. The van der Waals surface area contributed by atoms with E-state index >= 15 is 0 Å². The minimum Gasteiger partial charge on any atom is -0.364 e. The number of hydrogen-bond donors (Lipinski definition) is 1. The molecule has 0 radical (unpaired) electrons. The number of hydrogen-bond acceptors (Lipinski definition) is 3. The lowest BCUT2D eigenvalue weighted by Crippen LogP contribution is -2.32. The summed E-state index contributed by atoms with van der Waals surface area (Å²) in [4.78, 5) is 25.7. The van der Waals surface area contributed by atoms with Crippen LogP contribution in [0.1, 0.15) is 10.5 Å². The van der Waals surface area contributed by atoms with E-state index in [2.05, 4.69) is 0 Å². The van der Waals surface area contributed by atoms with Crippen LogP contribution in [-0.4, -0.2) is 39.5 Å². The number of rotatable bonds is 3. The minimum atomic E-state index is -0.550. The van der Waals surface area contributed by atoms with Gasteiger partial charge in [0.05, 0.1) is 5.88 Å². The van der Waals surface area contributed by atoms with Crippen LogP contribution in [-0.2, 0) is 11.3 Å². The molecule has 0 bridgehead atoms. The molecule has 1 aromatic carbocycles. The Hall–Kier alpha value is -1.66. The molecule has 1 fully saturated rings. The third-order valence-electron chi connectivity index (χ3n) is 3.51. The fourth-order valence-electron chi connectivity index (χ4n) is 2.46. The van der Waals surface area contributed by atoms with Crippen molar-refractivity contribution in [1.29, 1.82) is 0 Å². The van der Waals surface area contributed by atoms with E-state index in [9.17, 15) is 9.59 Å². The van der Waals surface area contributed by atoms with E-state index in [-0.39, 0.29) is 12.5 Å². The Morgan fingerprint density at radius 2 is 2.14 bits per heavy atom. The van der Waals surface area contributed by atoms with Crippen molar-refractivity contribution in [3.8, 4) is 0 Å². The summed E-state index contributed by atoms with van der Waals surface area (Å²) < 4.78 is 1.67. The fraction of sp³-hybridized carbons (Fsp3) is 0.286. The van der Waals surface area contributed by atoms with Gasteiger partial charge in [-0.1, -0.05) is 11.6 Å². The van der Waals surface area contributed by atoms with Crippen molar-refractivity contribution < 1.29 is 9.59 Å². The molecule has 2 heterocycles. The number of amides is 2. The summed E-state index contributed by atoms with van der Waals surface area (Å²) in [5, 5.41) is 1.39. The molecule has 1 aromatic heterocycles. The first-order chi connectivity index (χ1) is 10.1. The zero-order chi connectivity index (χ0) is 15.0. The standard InChI is InChI=1S/C14H14ClN3O2S/c15-10-1-2-11-9(5-10)6-12(14(16)20)18(11)7-13(19)17-3-4-21-8-17/h1-2,5-6H,3-4,7-8H2,(H2,16,20). The van der Waals surface area contributed by atoms with Gasteiger partial charge in [0, 0.05) is 28.2 Å². The molecule has 7 heteroatoms. The highest BCUT2D eigenvalue weighted by Crippen LogP contribution is 2.24. The molecule has 1 saturated heterocycles. The molecule has 3 rings (SSSR count). The second kappa shape index (κ2) is 5.61. The number of halogens is 1. The van der Waals surface area contributed by atoms with Crippen LogP contribution >= 0.6 is 23.4 Å². The first-order valence-corrected chi connectivity index (χ1v) is 8.03. The summed E-state index contributed by atoms with van der Waals surface area (Å²) in [6.07, 6.45) is 0. The third kappa shape index (κ3) is 2.73. The zero-order valence-corrected chi connectivity index (χ0v) is 12.8. The van der Waals surface area contributed by atoms with E-state index in [0.29, 0.717) is 16.6 Å². The highest BCUT2D eigenvalue weighted by Gasteiger charge is 2.21. The molecule has 2 aromatic rings. The Kier molecular flexibility index (Phi) is 3.82. The predicted octanol–water partition coefficient (Wildman–Crippen LogP) is 1.93. The second-order valence-electron chi connectivity index (χ2n) is 4.88. The van der Waals surface area contributed by atoms with Crippen molar-refractivity contribution in [1.82, 2.24) is 9.47 Å². The predicted molar refractivity (Wildman–Crippen MR) is 84.5 cm³/mol. The van der Waals surface area contributed by atoms with Gasteiger partial charge in [0.2, 0.25) is 5.91 Å². The average Bonchev–Trinajstić information content (AvgIpc) is 3.06. The van der Waals surface area contributed by atoms with Crippen LogP contribution < -0.4 is 5.73 Å². The van der Waals surface area contributed by atoms with E-state index in [0.717, 1.165) is 23.2 Å². The highest BCUT2D eigenvalue weighted by molar-refractivity contribution is 7.99. The van der Waals surface area contributed by atoms with Crippen LogP contribution in [0.5, 0.6) is 0 Å². The van der Waals surface area contributed by atoms with Gasteiger partial charge in [-0.3, -0.25) is 9.59 Å². The van der Waals surface area contributed by atoms with E-state index in [1.165, 1.54) is 0 Å². The summed E-state index contributed by atoms with van der Waals surface area (Å²) in [5.74, 6) is 1.10. The molecular formula is C14H14ClN3O2S. The van der Waals surface area contributed by atoms with Gasteiger partial charge < -0.3 is 15.2 Å². The monoisotopic (exact) mass is 323 g/mol. The van der Waals surface area contributed by atoms with Gasteiger partial charge in [-0.25, -0.2) is 0 Å². The quantitative estimate of drug-likeness (QED) is 0.938. The molecule has 1 aliphatic heterocycles. The first-order valence-electron chi connectivity index (χ1n) is 6.50. The van der Waals surface area contributed by atoms with E-state index in [1.807, 2.05) is 0 Å². The number of aromatic nitrogens is 1. The number of nitrogens with zero attached hydrogens (tertiary/aromatic N) is 2. The largest absolute Gasteiger partial charge is 0.364 e. The van der Waals surface area contributed by atoms with Gasteiger partial charge >= 0.3 is 0 Å². The van der Waals surface area contributed by atoms with Crippen molar-refractivity contribution in [2.24, 2.45) is 5.73 Å². The third-order valence-corrected chi connectivity index (χ3v) is 4.72. The number of benzene rings is 1. The first kappa shape index (κ1) is 14.3. The lowest BCUT2D eigenvalue weighted by atomic mass is 10.2. The van der Waals surface area contributed by atoms with Crippen LogP contribution in [0.15, 0.2) is 24.3 Å². The SMILES string of the molecule is NC(=O)c1cc2cc(Cl)ccc2n1CC(=O)N1CCSC1. The maximum atomic E-state index is 12.3. The topological polar surface area (TPSA) is 68.3 Å². The lowest BCUT2D eigenvalue weighted by molar-refractivity contribution is -0.130. The van der Waals surface area contributed by atoms with Gasteiger partial charge in [-0.2, -0.15) is 0 Å². The van der Waals surface area contributed by atoms with E-state index < -0.39 is 5.91 Å². The van der Waals surface area contributed by atoms with Crippen LogP contribution in [0.2, 0.25) is 5.02 Å². The molecular weight excluding hydrogens is 310 g/mol. The Morgan fingerprint density at radius 1 is 1.33 bits per heavy atom. The number of nitrogens with two attached hydrogens (primary N) is 1. The maximum Gasteiger partial charge on any atom is 0.265 e. The van der Waals surface area contributed by atoms with Gasteiger partial charge in [0.1, 0.15) is 12.2 Å². The Labute approximate surface area is 131 Å². The minimum absolute atomic E-state index is 0.00468.